The summed E-state index contributed by atoms with van der Waals surface area (Å²) >= 11 is 1.79. The van der Waals surface area contributed by atoms with E-state index in [1.165, 1.54) is 21.0 Å². The zero-order valence-corrected chi connectivity index (χ0v) is 21.3. The first-order chi connectivity index (χ1) is 17.1. The highest BCUT2D eigenvalue weighted by Gasteiger charge is 2.16. The molecule has 5 rings (SSSR count). The number of nitrogens with one attached hydrogen (secondary N) is 1. The quantitative estimate of drug-likeness (QED) is 0.357. The minimum atomic E-state index is 0.0759. The first-order valence-corrected chi connectivity index (χ1v) is 12.6. The Labute approximate surface area is 209 Å². The molecule has 3 heterocycles. The Morgan fingerprint density at radius 2 is 1.69 bits per heavy atom. The van der Waals surface area contributed by atoms with Gasteiger partial charge >= 0.3 is 0 Å². The maximum atomic E-state index is 5.50. The molecule has 0 saturated carbocycles. The smallest absolute Gasteiger partial charge is 0.162 e. The molecule has 8 heteroatoms. The molecule has 35 heavy (non-hydrogen) atoms. The van der Waals surface area contributed by atoms with Crippen LogP contribution in [0.3, 0.4) is 0 Å². The summed E-state index contributed by atoms with van der Waals surface area (Å²) in [6.07, 6.45) is 0. The monoisotopic (exact) mass is 490 g/mol. The van der Waals surface area contributed by atoms with Crippen LogP contribution in [0.15, 0.2) is 48.5 Å². The lowest BCUT2D eigenvalue weighted by molar-refractivity contribution is 0.122. The van der Waals surface area contributed by atoms with Crippen molar-refractivity contribution in [3.05, 3.63) is 59.2 Å². The van der Waals surface area contributed by atoms with Crippen LogP contribution in [0, 0.1) is 6.92 Å². The summed E-state index contributed by atoms with van der Waals surface area (Å²) in [5, 5.41) is 4.49. The first kappa shape index (κ1) is 23.4. The van der Waals surface area contributed by atoms with Crippen molar-refractivity contribution in [1.82, 2.24) is 9.97 Å². The minimum absolute atomic E-state index is 0.0759. The van der Waals surface area contributed by atoms with Gasteiger partial charge in [0.2, 0.25) is 0 Å². The van der Waals surface area contributed by atoms with E-state index in [4.69, 9.17) is 14.2 Å². The largest absolute Gasteiger partial charge is 0.493 e. The number of aryl methyl sites for hydroxylation is 1. The molecular formula is C27H30N4O3S. The van der Waals surface area contributed by atoms with Crippen molar-refractivity contribution in [3.63, 3.8) is 0 Å². The Morgan fingerprint density at radius 3 is 2.40 bits per heavy atom. The molecule has 1 aliphatic rings. The van der Waals surface area contributed by atoms with Crippen LogP contribution >= 0.6 is 11.3 Å². The molecule has 2 aromatic heterocycles. The van der Waals surface area contributed by atoms with Crippen molar-refractivity contribution in [2.24, 2.45) is 0 Å². The zero-order chi connectivity index (χ0) is 24.4. The number of thiophene rings is 1. The topological polar surface area (TPSA) is 68.7 Å². The number of benzene rings is 2. The summed E-state index contributed by atoms with van der Waals surface area (Å²) in [5.41, 5.74) is 3.30. The summed E-state index contributed by atoms with van der Waals surface area (Å²) in [6.45, 7) is 7.53. The number of nitrogens with zero attached hydrogens (tertiary/aromatic N) is 3. The van der Waals surface area contributed by atoms with Crippen LogP contribution in [0.4, 0.5) is 11.5 Å². The molecule has 0 radical (unpaired) electrons. The number of aromatic nitrogens is 2. The molecule has 1 saturated heterocycles. The van der Waals surface area contributed by atoms with Gasteiger partial charge < -0.3 is 24.4 Å². The average molecular weight is 491 g/mol. The van der Waals surface area contributed by atoms with E-state index < -0.39 is 0 Å². The van der Waals surface area contributed by atoms with Crippen molar-refractivity contribution in [2.45, 2.75) is 19.9 Å². The maximum Gasteiger partial charge on any atom is 0.162 e. The lowest BCUT2D eigenvalue weighted by Gasteiger charge is -2.28. The van der Waals surface area contributed by atoms with Crippen LogP contribution in [0.25, 0.3) is 21.3 Å². The minimum Gasteiger partial charge on any atom is -0.493 e. The first-order valence-electron chi connectivity index (χ1n) is 11.8. The average Bonchev–Trinajstić information content (AvgIpc) is 3.39. The van der Waals surface area contributed by atoms with E-state index in [-0.39, 0.29) is 6.04 Å². The molecule has 0 aliphatic carbocycles. The number of methoxy groups -OCH3 is 2. The highest BCUT2D eigenvalue weighted by Crippen LogP contribution is 2.37. The number of ether oxygens (including phenoxy) is 3. The summed E-state index contributed by atoms with van der Waals surface area (Å²) in [5.74, 6) is 2.79. The Balaban J connectivity index is 1.37. The van der Waals surface area contributed by atoms with Gasteiger partial charge in [-0.1, -0.05) is 12.1 Å². The molecule has 182 valence electrons. The molecule has 7 nitrogen and oxygen atoms in total. The van der Waals surface area contributed by atoms with E-state index in [9.17, 15) is 0 Å². The molecule has 1 fully saturated rings. The fourth-order valence-corrected chi connectivity index (χ4v) is 5.37. The van der Waals surface area contributed by atoms with Crippen molar-refractivity contribution in [1.29, 1.82) is 0 Å². The SMILES string of the molecule is COc1cc2nc(C)nc(N[C@@H](C)c3ccc(-c4ccc(N5CCOCC5)cc4)s3)c2cc1OC. The fourth-order valence-electron chi connectivity index (χ4n) is 4.36. The molecule has 1 N–H and O–H groups in total. The predicted octanol–water partition coefficient (Wildman–Crippen LogP) is 5.69. The molecule has 0 unspecified atom stereocenters. The highest BCUT2D eigenvalue weighted by molar-refractivity contribution is 7.15. The van der Waals surface area contributed by atoms with Crippen LogP contribution in [-0.2, 0) is 4.74 Å². The third kappa shape index (κ3) is 4.90. The van der Waals surface area contributed by atoms with Crippen molar-refractivity contribution in [3.8, 4) is 21.9 Å². The lowest BCUT2D eigenvalue weighted by Crippen LogP contribution is -2.36. The number of hydrogen-bond acceptors (Lipinski definition) is 8. The Kier molecular flexibility index (Phi) is 6.74. The fraction of sp³-hybridized carbons (Fsp3) is 0.333. The van der Waals surface area contributed by atoms with Gasteiger partial charge in [-0.2, -0.15) is 0 Å². The third-order valence-corrected chi connectivity index (χ3v) is 7.56. The highest BCUT2D eigenvalue weighted by atomic mass is 32.1. The maximum absolute atomic E-state index is 5.50. The lowest BCUT2D eigenvalue weighted by atomic mass is 10.1. The zero-order valence-electron chi connectivity index (χ0n) is 20.5. The second-order valence-corrected chi connectivity index (χ2v) is 9.67. The molecule has 4 aromatic rings. The number of rotatable bonds is 7. The Hall–Kier alpha value is -3.36. The van der Waals surface area contributed by atoms with E-state index in [1.54, 1.807) is 25.6 Å². The van der Waals surface area contributed by atoms with E-state index in [1.807, 2.05) is 19.1 Å². The van der Waals surface area contributed by atoms with Crippen LogP contribution in [0.1, 0.15) is 23.7 Å². The Morgan fingerprint density at radius 1 is 0.971 bits per heavy atom. The van der Waals surface area contributed by atoms with Crippen molar-refractivity contribution in [2.75, 3.05) is 50.7 Å². The second kappa shape index (κ2) is 10.1. The van der Waals surface area contributed by atoms with Gasteiger partial charge in [0.1, 0.15) is 11.6 Å². The van der Waals surface area contributed by atoms with Crippen LogP contribution < -0.4 is 19.7 Å². The molecule has 0 spiro atoms. The number of morpholine rings is 1. The number of hydrogen-bond donors (Lipinski definition) is 1. The predicted molar refractivity (Wildman–Crippen MR) is 142 cm³/mol. The summed E-state index contributed by atoms with van der Waals surface area (Å²) in [4.78, 5) is 14.1. The van der Waals surface area contributed by atoms with Gasteiger partial charge in [0, 0.05) is 40.0 Å². The molecule has 0 amide bonds. The van der Waals surface area contributed by atoms with Crippen LogP contribution in [0.5, 0.6) is 11.5 Å². The number of anilines is 2. The standard InChI is InChI=1S/C27H30N4O3S/c1-17(28-27-21-15-23(32-3)24(33-4)16-22(21)29-18(2)30-27)25-9-10-26(35-25)19-5-7-20(8-6-19)31-11-13-34-14-12-31/h5-10,15-17H,11-14H2,1-4H3,(H,28,29,30)/t17-/m0/s1. The van der Waals surface area contributed by atoms with E-state index >= 15 is 0 Å². The molecule has 0 bridgehead atoms. The molecular weight excluding hydrogens is 460 g/mol. The van der Waals surface area contributed by atoms with Crippen LogP contribution in [0.2, 0.25) is 0 Å². The van der Waals surface area contributed by atoms with Gasteiger partial charge in [-0.3, -0.25) is 0 Å². The van der Waals surface area contributed by atoms with Gasteiger partial charge in [-0.25, -0.2) is 9.97 Å². The Bertz CT molecular complexity index is 1320. The molecule has 1 atom stereocenters. The summed E-state index contributed by atoms with van der Waals surface area (Å²) in [7, 11) is 3.26. The third-order valence-electron chi connectivity index (χ3n) is 6.25. The van der Waals surface area contributed by atoms with E-state index in [0.29, 0.717) is 17.3 Å². The van der Waals surface area contributed by atoms with Gasteiger partial charge in [-0.05, 0) is 49.7 Å². The van der Waals surface area contributed by atoms with Gasteiger partial charge in [0.15, 0.2) is 11.5 Å². The van der Waals surface area contributed by atoms with Crippen LogP contribution in [-0.4, -0.2) is 50.5 Å². The molecule has 1 aliphatic heterocycles. The second-order valence-electron chi connectivity index (χ2n) is 8.56. The van der Waals surface area contributed by atoms with Crippen molar-refractivity contribution < 1.29 is 14.2 Å². The van der Waals surface area contributed by atoms with Crippen molar-refractivity contribution >= 4 is 33.7 Å². The summed E-state index contributed by atoms with van der Waals surface area (Å²) < 4.78 is 16.4. The van der Waals surface area contributed by atoms with E-state index in [0.717, 1.165) is 43.0 Å². The normalized spacial score (nSPS) is 14.7. The van der Waals surface area contributed by atoms with Gasteiger partial charge in [-0.15, -0.1) is 11.3 Å². The number of fused-ring (bicyclic) bond motifs is 1. The summed E-state index contributed by atoms with van der Waals surface area (Å²) in [6, 6.07) is 17.1. The van der Waals surface area contributed by atoms with Gasteiger partial charge in [0.05, 0.1) is 39.0 Å². The van der Waals surface area contributed by atoms with E-state index in [2.05, 4.69) is 63.5 Å². The van der Waals surface area contributed by atoms with Gasteiger partial charge in [0.25, 0.3) is 0 Å². The molecule has 2 aromatic carbocycles.